The maximum absolute atomic E-state index is 12.2. The van der Waals surface area contributed by atoms with Crippen LogP contribution < -0.4 is 15.0 Å². The second-order valence-corrected chi connectivity index (χ2v) is 4.82. The van der Waals surface area contributed by atoms with E-state index in [0.717, 1.165) is 6.42 Å². The van der Waals surface area contributed by atoms with E-state index in [1.807, 2.05) is 13.0 Å². The van der Waals surface area contributed by atoms with Crippen LogP contribution in [0.25, 0.3) is 0 Å². The summed E-state index contributed by atoms with van der Waals surface area (Å²) in [6.07, 6.45) is 1.05. The van der Waals surface area contributed by atoms with Gasteiger partial charge in [-0.1, -0.05) is 6.92 Å². The number of quaternary nitrogens is 1. The van der Waals surface area contributed by atoms with Gasteiger partial charge in [0.1, 0.15) is 11.8 Å². The summed E-state index contributed by atoms with van der Waals surface area (Å²) in [6.45, 7) is 2.82. The van der Waals surface area contributed by atoms with E-state index in [2.05, 4.69) is 0 Å². The van der Waals surface area contributed by atoms with Crippen LogP contribution in [-0.2, 0) is 9.59 Å². The van der Waals surface area contributed by atoms with E-state index < -0.39 is 6.04 Å². The highest BCUT2D eigenvalue weighted by Gasteiger charge is 2.42. The Morgan fingerprint density at radius 3 is 2.71 bits per heavy atom. The van der Waals surface area contributed by atoms with Crippen molar-refractivity contribution in [2.24, 2.45) is 0 Å². The number of imide groups is 1. The molecule has 110 valence electrons. The summed E-state index contributed by atoms with van der Waals surface area (Å²) in [5.41, 5.74) is 0.543. The molecule has 1 heterocycles. The van der Waals surface area contributed by atoms with Gasteiger partial charge in [0.25, 0.3) is 5.91 Å². The van der Waals surface area contributed by atoms with Gasteiger partial charge >= 0.3 is 0 Å². The highest BCUT2D eigenvalue weighted by Crippen LogP contribution is 2.24. The maximum atomic E-state index is 12.2. The van der Waals surface area contributed by atoms with Gasteiger partial charge in [0.05, 0.1) is 18.7 Å². The number of benzene rings is 1. The fraction of sp³-hybridized carbons (Fsp3) is 0.400. The van der Waals surface area contributed by atoms with Crippen molar-refractivity contribution < 1.29 is 19.6 Å². The van der Waals surface area contributed by atoms with Crippen LogP contribution in [0.15, 0.2) is 24.3 Å². The quantitative estimate of drug-likeness (QED) is 0.598. The minimum absolute atomic E-state index is 0.134. The summed E-state index contributed by atoms with van der Waals surface area (Å²) in [7, 11) is 0. The summed E-state index contributed by atoms with van der Waals surface area (Å²) in [5.74, 6) is 0.214. The number of hydrogen-bond acceptors (Lipinski definition) is 4. The lowest BCUT2D eigenvalue weighted by molar-refractivity contribution is -0.664. The number of nitriles is 1. The standard InChI is InChI=1S/C15H17N3O3/c1-2-9-21-12-5-3-11(4-6-12)18-14(19)10-13(15(18)20)17-8-7-16/h3-6,13,17H,2,8-10H2,1H3/p+1/t13-/m0/s1. The number of hydrogen-bond donors (Lipinski definition) is 1. The smallest absolute Gasteiger partial charge is 0.292 e. The second kappa shape index (κ2) is 6.86. The van der Waals surface area contributed by atoms with Crippen molar-refractivity contribution in [3.05, 3.63) is 24.3 Å². The molecule has 0 aliphatic carbocycles. The number of carbonyl (C=O) groups is 2. The molecule has 1 aliphatic rings. The molecule has 0 saturated carbocycles. The molecule has 2 amide bonds. The van der Waals surface area contributed by atoms with Gasteiger partial charge in [0, 0.05) is 0 Å². The van der Waals surface area contributed by atoms with Gasteiger partial charge in [-0.3, -0.25) is 9.59 Å². The lowest BCUT2D eigenvalue weighted by atomic mass is 10.2. The normalized spacial score (nSPS) is 17.9. The Labute approximate surface area is 123 Å². The molecule has 0 unspecified atom stereocenters. The summed E-state index contributed by atoms with van der Waals surface area (Å²) >= 11 is 0. The Morgan fingerprint density at radius 2 is 2.10 bits per heavy atom. The third kappa shape index (κ3) is 3.38. The number of rotatable bonds is 6. The number of amides is 2. The predicted octanol–water partition coefficient (Wildman–Crippen LogP) is 0.194. The molecule has 1 aliphatic heterocycles. The molecular formula is C15H18N3O3+. The molecule has 2 rings (SSSR count). The molecular weight excluding hydrogens is 270 g/mol. The molecule has 1 aromatic rings. The van der Waals surface area contributed by atoms with Crippen LogP contribution in [0, 0.1) is 11.3 Å². The Bertz CT molecular complexity index is 563. The zero-order valence-corrected chi connectivity index (χ0v) is 11.9. The number of nitrogens with zero attached hydrogens (tertiary/aromatic N) is 2. The lowest BCUT2D eigenvalue weighted by Gasteiger charge is -2.14. The van der Waals surface area contributed by atoms with E-state index in [1.165, 1.54) is 4.90 Å². The monoisotopic (exact) mass is 288 g/mol. The number of carbonyl (C=O) groups excluding carboxylic acids is 2. The Kier molecular flexibility index (Phi) is 4.90. The Hall–Kier alpha value is -2.39. The van der Waals surface area contributed by atoms with E-state index >= 15 is 0 Å². The van der Waals surface area contributed by atoms with Crippen molar-refractivity contribution >= 4 is 17.5 Å². The molecule has 21 heavy (non-hydrogen) atoms. The molecule has 0 radical (unpaired) electrons. The van der Waals surface area contributed by atoms with Crippen molar-refractivity contribution in [2.45, 2.75) is 25.8 Å². The molecule has 0 aromatic heterocycles. The first-order chi connectivity index (χ1) is 10.2. The van der Waals surface area contributed by atoms with Gasteiger partial charge in [0.15, 0.2) is 12.6 Å². The Morgan fingerprint density at radius 1 is 1.38 bits per heavy atom. The largest absolute Gasteiger partial charge is 0.494 e. The molecule has 1 aromatic carbocycles. The van der Waals surface area contributed by atoms with E-state index in [0.29, 0.717) is 18.0 Å². The predicted molar refractivity (Wildman–Crippen MR) is 75.5 cm³/mol. The first-order valence-electron chi connectivity index (χ1n) is 6.97. The van der Waals surface area contributed by atoms with Gasteiger partial charge in [-0.2, -0.15) is 5.26 Å². The highest BCUT2D eigenvalue weighted by atomic mass is 16.5. The van der Waals surface area contributed by atoms with Crippen molar-refractivity contribution in [3.8, 4) is 11.8 Å². The van der Waals surface area contributed by atoms with Crippen molar-refractivity contribution in [2.75, 3.05) is 18.1 Å². The van der Waals surface area contributed by atoms with Gasteiger partial charge in [-0.25, -0.2) is 4.90 Å². The van der Waals surface area contributed by atoms with E-state index in [1.54, 1.807) is 29.6 Å². The Balaban J connectivity index is 2.09. The zero-order valence-electron chi connectivity index (χ0n) is 11.9. The van der Waals surface area contributed by atoms with E-state index in [9.17, 15) is 9.59 Å². The minimum atomic E-state index is -0.492. The number of ether oxygens (including phenoxy) is 1. The van der Waals surface area contributed by atoms with Crippen LogP contribution in [0.2, 0.25) is 0 Å². The number of nitrogens with two attached hydrogens (primary N) is 1. The van der Waals surface area contributed by atoms with Crippen LogP contribution in [0.5, 0.6) is 5.75 Å². The van der Waals surface area contributed by atoms with Gasteiger partial charge in [0.2, 0.25) is 5.91 Å². The van der Waals surface area contributed by atoms with E-state index in [4.69, 9.17) is 10.00 Å². The van der Waals surface area contributed by atoms with Gasteiger partial charge in [-0.15, -0.1) is 0 Å². The molecule has 1 fully saturated rings. The van der Waals surface area contributed by atoms with Crippen molar-refractivity contribution in [1.29, 1.82) is 5.26 Å². The van der Waals surface area contributed by atoms with Crippen LogP contribution in [0.3, 0.4) is 0 Å². The first-order valence-corrected chi connectivity index (χ1v) is 6.97. The molecule has 6 heteroatoms. The fourth-order valence-corrected chi connectivity index (χ4v) is 2.22. The molecule has 0 spiro atoms. The molecule has 1 atom stereocenters. The van der Waals surface area contributed by atoms with Crippen molar-refractivity contribution in [3.63, 3.8) is 0 Å². The maximum Gasteiger partial charge on any atom is 0.292 e. The fourth-order valence-electron chi connectivity index (χ4n) is 2.22. The van der Waals surface area contributed by atoms with Gasteiger partial charge in [-0.05, 0) is 30.7 Å². The van der Waals surface area contributed by atoms with E-state index in [-0.39, 0.29) is 24.8 Å². The van der Waals surface area contributed by atoms with Crippen LogP contribution in [0.1, 0.15) is 19.8 Å². The van der Waals surface area contributed by atoms with Crippen LogP contribution in [-0.4, -0.2) is 31.0 Å². The van der Waals surface area contributed by atoms with Crippen LogP contribution in [0.4, 0.5) is 5.69 Å². The molecule has 0 bridgehead atoms. The molecule has 6 nitrogen and oxygen atoms in total. The molecule has 1 saturated heterocycles. The summed E-state index contributed by atoms with van der Waals surface area (Å²) < 4.78 is 5.47. The third-order valence-electron chi connectivity index (χ3n) is 3.24. The van der Waals surface area contributed by atoms with Crippen LogP contribution >= 0.6 is 0 Å². The van der Waals surface area contributed by atoms with Crippen molar-refractivity contribution in [1.82, 2.24) is 0 Å². The lowest BCUT2D eigenvalue weighted by Crippen LogP contribution is -2.91. The summed E-state index contributed by atoms with van der Waals surface area (Å²) in [5, 5.41) is 10.2. The average molecular weight is 288 g/mol. The summed E-state index contributed by atoms with van der Waals surface area (Å²) in [4.78, 5) is 25.4. The topological polar surface area (TPSA) is 87.0 Å². The molecule has 2 N–H and O–H groups in total. The second-order valence-electron chi connectivity index (χ2n) is 4.82. The third-order valence-corrected chi connectivity index (χ3v) is 3.24. The highest BCUT2D eigenvalue weighted by molar-refractivity contribution is 6.21. The summed E-state index contributed by atoms with van der Waals surface area (Å²) in [6, 6.07) is 8.36. The number of anilines is 1. The van der Waals surface area contributed by atoms with Gasteiger partial charge < -0.3 is 10.1 Å². The minimum Gasteiger partial charge on any atom is -0.494 e. The first kappa shape index (κ1) is 15.0. The SMILES string of the molecule is CCCOc1ccc(N2C(=O)C[C@H]([NH2+]CC#N)C2=O)cc1. The zero-order chi connectivity index (χ0) is 15.2. The average Bonchev–Trinajstić information content (AvgIpc) is 2.78.